The molecule has 0 saturated carbocycles. The zero-order valence-electron chi connectivity index (χ0n) is 42.6. The molecule has 0 saturated heterocycles. The first kappa shape index (κ1) is 45.0. The number of pyridine rings is 6. The van der Waals surface area contributed by atoms with Crippen LogP contribution in [0, 0.1) is 0 Å². The Morgan fingerprint density at radius 1 is 0.275 bits per heavy atom. The van der Waals surface area contributed by atoms with Gasteiger partial charge in [0.1, 0.15) is 0 Å². The fourth-order valence-corrected chi connectivity index (χ4v) is 14.3. The summed E-state index contributed by atoms with van der Waals surface area (Å²) in [6.07, 6.45) is 5.77. The molecule has 0 aliphatic heterocycles. The van der Waals surface area contributed by atoms with Crippen LogP contribution >= 0.6 is 22.7 Å². The van der Waals surface area contributed by atoms with Crippen molar-refractivity contribution in [3.63, 3.8) is 0 Å². The SMILES string of the molecule is c1ccc(-c2ccc3ccc4ccc(-c5ccc6sc7c(-c8cnc9cc(-c%10cccc%11sc%12ccc(-c%13ccc%14ccc%15cccnc%15c%14n%13)cc%12c%10%11)ccc9c8)ccc(-c8ccc9cccnc9c8)c7c6c5)nc4c3n2)cc1. The summed E-state index contributed by atoms with van der Waals surface area (Å²) in [7, 11) is 0. The van der Waals surface area contributed by atoms with Gasteiger partial charge < -0.3 is 0 Å². The Bertz CT molecular complexity index is 5450. The molecule has 0 atom stereocenters. The Morgan fingerprint density at radius 2 is 0.812 bits per heavy atom. The molecule has 0 aliphatic carbocycles. The quantitative estimate of drug-likeness (QED) is 0.154. The number of benzene rings is 9. The third-order valence-corrected chi connectivity index (χ3v) is 18.3. The molecule has 8 aromatic heterocycles. The first-order valence-electron chi connectivity index (χ1n) is 26.7. The van der Waals surface area contributed by atoms with Gasteiger partial charge in [-0.3, -0.25) is 15.0 Å². The van der Waals surface area contributed by atoms with Crippen molar-refractivity contribution >= 4 is 128 Å². The van der Waals surface area contributed by atoms with Crippen molar-refractivity contribution in [3.05, 3.63) is 243 Å². The van der Waals surface area contributed by atoms with Gasteiger partial charge in [-0.1, -0.05) is 146 Å². The average Bonchev–Trinajstić information content (AvgIpc) is 4.13. The van der Waals surface area contributed by atoms with E-state index in [2.05, 4.69) is 212 Å². The molecule has 0 bridgehead atoms. The van der Waals surface area contributed by atoms with Gasteiger partial charge in [0.05, 0.1) is 50.2 Å². The summed E-state index contributed by atoms with van der Waals surface area (Å²) in [5.74, 6) is 0. The lowest BCUT2D eigenvalue weighted by molar-refractivity contribution is 1.37. The maximum absolute atomic E-state index is 5.39. The van der Waals surface area contributed by atoms with E-state index < -0.39 is 0 Å². The molecule has 8 heteroatoms. The highest BCUT2D eigenvalue weighted by atomic mass is 32.1. The molecule has 0 fully saturated rings. The molecular formula is C72H40N6S2. The number of hydrogen-bond acceptors (Lipinski definition) is 8. The van der Waals surface area contributed by atoms with E-state index in [1.165, 1.54) is 45.9 Å². The van der Waals surface area contributed by atoms with Crippen LogP contribution in [-0.2, 0) is 0 Å². The summed E-state index contributed by atoms with van der Waals surface area (Å²) in [6, 6.07) is 80.4. The number of thiophene rings is 2. The second-order valence-corrected chi connectivity index (χ2v) is 22.7. The Hall–Kier alpha value is -10.1. The fraction of sp³-hybridized carbons (Fsp3) is 0. The predicted octanol–water partition coefficient (Wildman–Crippen LogP) is 19.7. The summed E-state index contributed by atoms with van der Waals surface area (Å²) < 4.78 is 4.91. The number of fused-ring (bicyclic) bond motifs is 14. The van der Waals surface area contributed by atoms with Crippen molar-refractivity contribution in [2.75, 3.05) is 0 Å². The van der Waals surface area contributed by atoms with Gasteiger partial charge in [0.25, 0.3) is 0 Å². The Balaban J connectivity index is 0.777. The lowest BCUT2D eigenvalue weighted by Gasteiger charge is -2.12. The van der Waals surface area contributed by atoms with Crippen LogP contribution in [-0.4, -0.2) is 29.9 Å². The van der Waals surface area contributed by atoms with Crippen LogP contribution < -0.4 is 0 Å². The van der Waals surface area contributed by atoms with Crippen molar-refractivity contribution in [1.82, 2.24) is 29.9 Å². The molecule has 8 heterocycles. The minimum Gasteiger partial charge on any atom is -0.256 e. The number of rotatable bonds is 6. The van der Waals surface area contributed by atoms with Crippen molar-refractivity contribution in [2.45, 2.75) is 0 Å². The molecule has 9 aromatic carbocycles. The summed E-state index contributed by atoms with van der Waals surface area (Å²) in [5.41, 5.74) is 18.4. The zero-order chi connectivity index (χ0) is 52.4. The first-order chi connectivity index (χ1) is 39.6. The molecule has 0 N–H and O–H groups in total. The minimum absolute atomic E-state index is 0.893. The van der Waals surface area contributed by atoms with Gasteiger partial charge >= 0.3 is 0 Å². The third-order valence-electron chi connectivity index (χ3n) is 15.9. The number of aromatic nitrogens is 6. The van der Waals surface area contributed by atoms with Crippen molar-refractivity contribution in [1.29, 1.82) is 0 Å². The smallest absolute Gasteiger partial charge is 0.0972 e. The fourth-order valence-electron chi connectivity index (χ4n) is 12.0. The summed E-state index contributed by atoms with van der Waals surface area (Å²) in [6.45, 7) is 0. The third kappa shape index (κ3) is 7.23. The highest BCUT2D eigenvalue weighted by molar-refractivity contribution is 7.26. The van der Waals surface area contributed by atoms with E-state index in [0.29, 0.717) is 0 Å². The van der Waals surface area contributed by atoms with Gasteiger partial charge in [-0.2, -0.15) is 0 Å². The van der Waals surface area contributed by atoms with E-state index >= 15 is 0 Å². The Morgan fingerprint density at radius 3 is 1.52 bits per heavy atom. The van der Waals surface area contributed by atoms with E-state index in [1.54, 1.807) is 0 Å². The van der Waals surface area contributed by atoms with Crippen LogP contribution in [0.3, 0.4) is 0 Å². The van der Waals surface area contributed by atoms with Crippen LogP contribution in [0.15, 0.2) is 243 Å². The molecule has 370 valence electrons. The molecule has 80 heavy (non-hydrogen) atoms. The van der Waals surface area contributed by atoms with E-state index in [1.807, 2.05) is 53.3 Å². The summed E-state index contributed by atoms with van der Waals surface area (Å²) in [5, 5.41) is 11.3. The molecule has 0 spiro atoms. The molecule has 0 aliphatic rings. The topological polar surface area (TPSA) is 77.3 Å². The predicted molar refractivity (Wildman–Crippen MR) is 337 cm³/mol. The number of nitrogens with zero attached hydrogens (tertiary/aromatic N) is 6. The largest absolute Gasteiger partial charge is 0.256 e. The van der Waals surface area contributed by atoms with Gasteiger partial charge in [0.15, 0.2) is 0 Å². The maximum Gasteiger partial charge on any atom is 0.0972 e. The maximum atomic E-state index is 5.39. The Kier molecular flexibility index (Phi) is 9.95. The molecule has 0 amide bonds. The highest BCUT2D eigenvalue weighted by Gasteiger charge is 2.20. The Labute approximate surface area is 465 Å². The van der Waals surface area contributed by atoms with E-state index in [9.17, 15) is 0 Å². The summed E-state index contributed by atoms with van der Waals surface area (Å²) >= 11 is 3.66. The first-order valence-corrected chi connectivity index (χ1v) is 28.3. The molecular weight excluding hydrogens is 1010 g/mol. The minimum atomic E-state index is 0.893. The van der Waals surface area contributed by atoms with E-state index in [0.717, 1.165) is 127 Å². The van der Waals surface area contributed by atoms with Crippen molar-refractivity contribution in [2.24, 2.45) is 0 Å². The second kappa shape index (κ2) is 17.7. The monoisotopic (exact) mass is 1050 g/mol. The molecule has 0 unspecified atom stereocenters. The van der Waals surface area contributed by atoms with Crippen LogP contribution in [0.4, 0.5) is 0 Å². The molecule has 17 aromatic rings. The van der Waals surface area contributed by atoms with Gasteiger partial charge in [-0.15, -0.1) is 22.7 Å². The molecule has 6 nitrogen and oxygen atoms in total. The van der Waals surface area contributed by atoms with Crippen molar-refractivity contribution < 1.29 is 0 Å². The molecule has 17 rings (SSSR count). The summed E-state index contributed by atoms with van der Waals surface area (Å²) in [4.78, 5) is 30.5. The normalized spacial score (nSPS) is 12.0. The molecule has 0 radical (unpaired) electrons. The van der Waals surface area contributed by atoms with Crippen LogP contribution in [0.2, 0.25) is 0 Å². The van der Waals surface area contributed by atoms with Gasteiger partial charge in [0.2, 0.25) is 0 Å². The van der Waals surface area contributed by atoms with Crippen molar-refractivity contribution in [3.8, 4) is 67.2 Å². The lowest BCUT2D eigenvalue weighted by Crippen LogP contribution is -1.91. The zero-order valence-corrected chi connectivity index (χ0v) is 44.2. The van der Waals surface area contributed by atoms with Gasteiger partial charge in [0, 0.05) is 119 Å². The van der Waals surface area contributed by atoms with Gasteiger partial charge in [-0.25, -0.2) is 15.0 Å². The average molecular weight is 1050 g/mol. The van der Waals surface area contributed by atoms with Gasteiger partial charge in [-0.05, 0) is 101 Å². The lowest BCUT2D eigenvalue weighted by atomic mass is 9.93. The van der Waals surface area contributed by atoms with Crippen LogP contribution in [0.5, 0.6) is 0 Å². The van der Waals surface area contributed by atoms with E-state index in [4.69, 9.17) is 29.9 Å². The van der Waals surface area contributed by atoms with Crippen LogP contribution in [0.25, 0.3) is 173 Å². The second-order valence-electron chi connectivity index (χ2n) is 20.6. The van der Waals surface area contributed by atoms with E-state index in [-0.39, 0.29) is 0 Å². The van der Waals surface area contributed by atoms with Crippen LogP contribution in [0.1, 0.15) is 0 Å². The number of hydrogen-bond donors (Lipinski definition) is 0. The highest BCUT2D eigenvalue weighted by Crippen LogP contribution is 2.47. The standard InChI is InChI=1S/C72H40N6S2/c1-2-7-41(8-3-1)58-28-21-45-16-17-46-23-30-60(78-71(46)70(45)76-58)51-25-32-64-57(37-51)67-54(48-18-13-42-9-5-33-73-61(42)38-48)26-27-55(72(67)80-64)52-35-49-20-19-47(39-62(49)75-40-52)53-11-4-12-65-66(53)56-36-50(24-31-63(56)79-65)59-29-22-44-15-14-43-10-6-34-74-68(43)69(44)77-59/h1-40H.